The second-order valence-electron chi connectivity index (χ2n) is 9.52. The highest BCUT2D eigenvalue weighted by atomic mass is 16.6. The third-order valence-electron chi connectivity index (χ3n) is 6.79. The van der Waals surface area contributed by atoms with Gasteiger partial charge in [0.2, 0.25) is 18.3 Å². The van der Waals surface area contributed by atoms with Crippen molar-refractivity contribution < 1.29 is 28.8 Å². The lowest BCUT2D eigenvalue weighted by molar-refractivity contribution is -0.384. The second-order valence-corrected chi connectivity index (χ2v) is 9.52. The first-order valence-electron chi connectivity index (χ1n) is 13.4. The van der Waals surface area contributed by atoms with E-state index in [-0.39, 0.29) is 28.3 Å². The minimum absolute atomic E-state index is 0.00468. The Labute approximate surface area is 246 Å². The zero-order valence-corrected chi connectivity index (χ0v) is 24.2. The van der Waals surface area contributed by atoms with Crippen molar-refractivity contribution in [3.8, 4) is 5.75 Å². The van der Waals surface area contributed by atoms with Gasteiger partial charge >= 0.3 is 5.97 Å². The molecule has 0 radical (unpaired) electrons. The highest BCUT2D eigenvalue weighted by Gasteiger charge is 2.24. The van der Waals surface area contributed by atoms with Gasteiger partial charge in [-0.2, -0.15) is 5.10 Å². The van der Waals surface area contributed by atoms with Crippen molar-refractivity contribution >= 4 is 52.5 Å². The molecule has 0 saturated carbocycles. The summed E-state index contributed by atoms with van der Waals surface area (Å²) in [5.41, 5.74) is 7.49. The number of hydrogen-bond donors (Lipinski definition) is 2. The number of nitro groups is 1. The summed E-state index contributed by atoms with van der Waals surface area (Å²) < 4.78 is 13.6. The summed E-state index contributed by atoms with van der Waals surface area (Å²) in [6.07, 6.45) is 1.81. The number of rotatable bonds is 14. The predicted octanol–water partition coefficient (Wildman–Crippen LogP) is 3.55. The predicted molar refractivity (Wildman–Crippen MR) is 158 cm³/mol. The summed E-state index contributed by atoms with van der Waals surface area (Å²) in [7, 11) is 2.54. The van der Waals surface area contributed by atoms with Crippen LogP contribution in [0.15, 0.2) is 36.4 Å². The van der Waals surface area contributed by atoms with Gasteiger partial charge < -0.3 is 25.1 Å². The number of unbranched alkanes of at least 4 members (excludes halogenated alkanes) is 1. The number of imidazole rings is 1. The Balaban J connectivity index is 1.60. The number of nitro benzene ring substituents is 1. The van der Waals surface area contributed by atoms with Crippen LogP contribution in [0.4, 0.5) is 23.1 Å². The molecule has 2 aromatic carbocycles. The van der Waals surface area contributed by atoms with E-state index in [1.807, 2.05) is 18.4 Å². The number of nitrogens with zero attached hydrogens (tertiary/aromatic N) is 6. The van der Waals surface area contributed by atoms with Crippen LogP contribution in [-0.4, -0.2) is 63.3 Å². The minimum Gasteiger partial charge on any atom is -0.494 e. The largest absolute Gasteiger partial charge is 0.494 e. The van der Waals surface area contributed by atoms with Gasteiger partial charge in [-0.05, 0) is 51.0 Å². The molecule has 2 amide bonds. The van der Waals surface area contributed by atoms with Gasteiger partial charge in [-0.3, -0.25) is 19.7 Å². The number of hydrogen-bond acceptors (Lipinski definition) is 10. The Morgan fingerprint density at radius 1 is 1.16 bits per heavy atom. The Hall–Kier alpha value is -5.47. The van der Waals surface area contributed by atoms with Crippen LogP contribution in [-0.2, 0) is 22.6 Å². The van der Waals surface area contributed by atoms with Crippen LogP contribution in [0.5, 0.6) is 5.75 Å². The number of fused-ring (bicyclic) bond motifs is 1. The molecule has 0 aliphatic rings. The van der Waals surface area contributed by atoms with Crippen molar-refractivity contribution in [3.05, 3.63) is 63.3 Å². The van der Waals surface area contributed by atoms with Crippen molar-refractivity contribution in [2.24, 2.45) is 5.73 Å². The molecule has 0 bridgehead atoms. The van der Waals surface area contributed by atoms with E-state index in [1.54, 1.807) is 28.9 Å². The summed E-state index contributed by atoms with van der Waals surface area (Å²) in [5, 5.41) is 19.3. The maximum absolute atomic E-state index is 12.4. The quantitative estimate of drug-likeness (QED) is 0.0720. The molecular formula is C28H32N8O7. The van der Waals surface area contributed by atoms with Gasteiger partial charge in [0, 0.05) is 37.3 Å². The Bertz CT molecular complexity index is 1690. The number of nitrogens with one attached hydrogen (secondary N) is 1. The molecule has 226 valence electrons. The molecule has 4 aromatic rings. The van der Waals surface area contributed by atoms with Gasteiger partial charge in [-0.15, -0.1) is 0 Å². The van der Waals surface area contributed by atoms with Gasteiger partial charge in [-0.25, -0.2) is 19.4 Å². The first kappa shape index (κ1) is 30.5. The number of anilines is 3. The van der Waals surface area contributed by atoms with Crippen LogP contribution >= 0.6 is 0 Å². The van der Waals surface area contributed by atoms with Gasteiger partial charge in [0.15, 0.2) is 5.69 Å². The molecule has 43 heavy (non-hydrogen) atoms. The Morgan fingerprint density at radius 3 is 2.56 bits per heavy atom. The SMILES string of the molecule is CCn1nc(C)cc1N(C=O)c1nc2cc(C(N)=O)ccc2n1CCCCNc1c(OC)cc(C(=O)OC)cc1[N+](=O)[O-]. The lowest BCUT2D eigenvalue weighted by atomic mass is 10.1. The summed E-state index contributed by atoms with van der Waals surface area (Å²) in [6.45, 7) is 5.03. The average molecular weight is 593 g/mol. The van der Waals surface area contributed by atoms with Gasteiger partial charge in [0.1, 0.15) is 11.6 Å². The number of carbonyl (C=O) groups excluding carboxylic acids is 3. The van der Waals surface area contributed by atoms with E-state index in [9.17, 15) is 24.5 Å². The molecule has 15 heteroatoms. The standard InChI is InChI=1S/C28H32N8O7/c1-5-35-24(12-17(2)32-35)34(16-37)28-31-20-13-18(26(29)38)8-9-21(20)33(28)11-7-6-10-30-25-22(36(40)41)14-19(27(39)43-4)15-23(25)42-3/h8-9,12-16,30H,5-7,10-11H2,1-4H3,(H2,29,38). The summed E-state index contributed by atoms with van der Waals surface area (Å²) >= 11 is 0. The summed E-state index contributed by atoms with van der Waals surface area (Å²) in [5.74, 6) is -0.309. The van der Waals surface area contributed by atoms with Crippen molar-refractivity contribution in [2.45, 2.75) is 39.8 Å². The molecule has 4 rings (SSSR count). The molecule has 2 aromatic heterocycles. The topological polar surface area (TPSA) is 190 Å². The Morgan fingerprint density at radius 2 is 1.93 bits per heavy atom. The maximum atomic E-state index is 12.4. The van der Waals surface area contributed by atoms with Crippen LogP contribution < -0.4 is 20.7 Å². The van der Waals surface area contributed by atoms with Gasteiger partial charge in [-0.1, -0.05) is 0 Å². The van der Waals surface area contributed by atoms with E-state index in [0.717, 1.165) is 11.8 Å². The number of benzene rings is 2. The zero-order valence-electron chi connectivity index (χ0n) is 24.2. The van der Waals surface area contributed by atoms with E-state index in [1.165, 1.54) is 25.2 Å². The van der Waals surface area contributed by atoms with Crippen molar-refractivity contribution in [3.63, 3.8) is 0 Å². The van der Waals surface area contributed by atoms with Gasteiger partial charge in [0.25, 0.3) is 5.69 Å². The van der Waals surface area contributed by atoms with E-state index in [0.29, 0.717) is 61.7 Å². The van der Waals surface area contributed by atoms with Crippen LogP contribution in [0.25, 0.3) is 11.0 Å². The molecule has 0 aliphatic heterocycles. The summed E-state index contributed by atoms with van der Waals surface area (Å²) in [4.78, 5) is 53.4. The minimum atomic E-state index is -0.722. The number of carbonyl (C=O) groups is 3. The molecule has 0 fully saturated rings. The van der Waals surface area contributed by atoms with Crippen LogP contribution in [0.3, 0.4) is 0 Å². The number of nitrogens with two attached hydrogens (primary N) is 1. The van der Waals surface area contributed by atoms with Crippen molar-refractivity contribution in [1.82, 2.24) is 19.3 Å². The zero-order chi connectivity index (χ0) is 31.3. The number of aryl methyl sites for hydroxylation is 3. The molecule has 0 spiro atoms. The molecule has 2 heterocycles. The molecule has 3 N–H and O–H groups in total. The highest BCUT2D eigenvalue weighted by molar-refractivity contribution is 5.97. The fourth-order valence-corrected chi connectivity index (χ4v) is 4.76. The fourth-order valence-electron chi connectivity index (χ4n) is 4.76. The molecular weight excluding hydrogens is 560 g/mol. The first-order chi connectivity index (χ1) is 20.6. The van der Waals surface area contributed by atoms with E-state index >= 15 is 0 Å². The molecule has 0 atom stereocenters. The van der Waals surface area contributed by atoms with E-state index in [2.05, 4.69) is 20.1 Å². The lowest BCUT2D eigenvalue weighted by Gasteiger charge is -2.19. The number of primary amides is 1. The van der Waals surface area contributed by atoms with Crippen molar-refractivity contribution in [2.75, 3.05) is 31.0 Å². The number of aromatic nitrogens is 4. The number of ether oxygens (including phenoxy) is 2. The van der Waals surface area contributed by atoms with Crippen LogP contribution in [0.2, 0.25) is 0 Å². The van der Waals surface area contributed by atoms with E-state index < -0.39 is 16.8 Å². The Kier molecular flexibility index (Phi) is 9.23. The fraction of sp³-hybridized carbons (Fsp3) is 0.321. The van der Waals surface area contributed by atoms with Gasteiger partial charge in [0.05, 0.1) is 41.4 Å². The average Bonchev–Trinajstić information content (AvgIpc) is 3.55. The number of methoxy groups -OCH3 is 2. The molecule has 0 unspecified atom stereocenters. The third-order valence-corrected chi connectivity index (χ3v) is 6.79. The molecule has 0 saturated heterocycles. The van der Waals surface area contributed by atoms with Crippen molar-refractivity contribution in [1.29, 1.82) is 0 Å². The van der Waals surface area contributed by atoms with E-state index in [4.69, 9.17) is 10.5 Å². The second kappa shape index (κ2) is 13.0. The smallest absolute Gasteiger partial charge is 0.338 e. The molecule has 0 aliphatic carbocycles. The normalized spacial score (nSPS) is 10.9. The number of amides is 2. The summed E-state index contributed by atoms with van der Waals surface area (Å²) in [6, 6.07) is 9.20. The first-order valence-corrected chi connectivity index (χ1v) is 13.4. The number of esters is 1. The van der Waals surface area contributed by atoms with Crippen LogP contribution in [0, 0.1) is 17.0 Å². The monoisotopic (exact) mass is 592 g/mol. The molecule has 15 nitrogen and oxygen atoms in total. The van der Waals surface area contributed by atoms with Crippen LogP contribution in [0.1, 0.15) is 46.2 Å². The third kappa shape index (κ3) is 6.24. The maximum Gasteiger partial charge on any atom is 0.338 e. The lowest BCUT2D eigenvalue weighted by Crippen LogP contribution is -2.22. The highest BCUT2D eigenvalue weighted by Crippen LogP contribution is 2.36.